The number of likely N-dealkylation sites (tertiary alicyclic amines) is 1. The second kappa shape index (κ2) is 15.2. The zero-order chi connectivity index (χ0) is 18.2. The van der Waals surface area contributed by atoms with Crippen molar-refractivity contribution < 1.29 is 9.59 Å². The highest BCUT2D eigenvalue weighted by Gasteiger charge is 2.24. The Morgan fingerprint density at radius 2 is 1.56 bits per heavy atom. The molecule has 0 aromatic carbocycles. The molecule has 0 aromatic heterocycles. The van der Waals surface area contributed by atoms with E-state index in [4.69, 9.17) is 0 Å². The zero-order valence-corrected chi connectivity index (χ0v) is 16.2. The summed E-state index contributed by atoms with van der Waals surface area (Å²) in [4.78, 5) is 25.2. The molecule has 25 heavy (non-hydrogen) atoms. The number of rotatable bonds is 15. The van der Waals surface area contributed by atoms with Gasteiger partial charge in [-0.1, -0.05) is 57.4 Å². The van der Waals surface area contributed by atoms with Crippen molar-refractivity contribution in [1.29, 1.82) is 0 Å². The van der Waals surface area contributed by atoms with Crippen molar-refractivity contribution in [1.82, 2.24) is 4.90 Å². The molecule has 0 bridgehead atoms. The Hall–Kier alpha value is -1.12. The summed E-state index contributed by atoms with van der Waals surface area (Å²) in [6.07, 6.45) is 21.0. The van der Waals surface area contributed by atoms with E-state index < -0.39 is 0 Å². The molecule has 1 unspecified atom stereocenters. The van der Waals surface area contributed by atoms with Gasteiger partial charge in [-0.2, -0.15) is 0 Å². The van der Waals surface area contributed by atoms with Crippen molar-refractivity contribution in [3.8, 4) is 0 Å². The lowest BCUT2D eigenvalue weighted by Crippen LogP contribution is -2.40. The molecule has 3 heteroatoms. The fourth-order valence-corrected chi connectivity index (χ4v) is 3.84. The minimum atomic E-state index is 0.287. The Morgan fingerprint density at radius 3 is 2.24 bits per heavy atom. The van der Waals surface area contributed by atoms with Crippen molar-refractivity contribution >= 4 is 12.2 Å². The number of carbonyl (C=O) groups is 2. The van der Waals surface area contributed by atoms with Crippen molar-refractivity contribution in [2.45, 2.75) is 109 Å². The Balaban J connectivity index is 2.18. The predicted molar refractivity (Wildman–Crippen MR) is 106 cm³/mol. The van der Waals surface area contributed by atoms with E-state index in [0.29, 0.717) is 18.7 Å². The second-order valence-corrected chi connectivity index (χ2v) is 7.49. The van der Waals surface area contributed by atoms with Crippen LogP contribution in [0.25, 0.3) is 0 Å². The molecule has 1 rings (SSSR count). The van der Waals surface area contributed by atoms with Crippen molar-refractivity contribution in [3.05, 3.63) is 12.7 Å². The fourth-order valence-electron chi connectivity index (χ4n) is 3.84. The lowest BCUT2D eigenvalue weighted by Gasteiger charge is -2.31. The SMILES string of the molecule is C=CCCCCCCCCCCC(CCC=O)N1CCCCCC1=O. The van der Waals surface area contributed by atoms with Gasteiger partial charge in [0.05, 0.1) is 0 Å². The first-order valence-corrected chi connectivity index (χ1v) is 10.6. The maximum Gasteiger partial charge on any atom is 0.222 e. The number of hydrogen-bond acceptors (Lipinski definition) is 2. The molecule has 0 radical (unpaired) electrons. The summed E-state index contributed by atoms with van der Waals surface area (Å²) in [5, 5.41) is 0. The molecule has 1 amide bonds. The van der Waals surface area contributed by atoms with Crippen LogP contribution in [0.2, 0.25) is 0 Å². The number of allylic oxidation sites excluding steroid dienone is 1. The summed E-state index contributed by atoms with van der Waals surface area (Å²) in [6.45, 7) is 4.66. The zero-order valence-electron chi connectivity index (χ0n) is 16.2. The van der Waals surface area contributed by atoms with Crippen LogP contribution in [0.4, 0.5) is 0 Å². The monoisotopic (exact) mass is 349 g/mol. The quantitative estimate of drug-likeness (QED) is 0.212. The third kappa shape index (κ3) is 10.5. The summed E-state index contributed by atoms with van der Waals surface area (Å²) in [5.74, 6) is 0.313. The van der Waals surface area contributed by atoms with Crippen molar-refractivity contribution in [2.75, 3.05) is 6.54 Å². The molecule has 3 nitrogen and oxygen atoms in total. The summed E-state index contributed by atoms with van der Waals surface area (Å²) < 4.78 is 0. The van der Waals surface area contributed by atoms with E-state index >= 15 is 0 Å². The lowest BCUT2D eigenvalue weighted by molar-refractivity contribution is -0.133. The predicted octanol–water partition coefficient (Wildman–Crippen LogP) is 5.82. The molecular weight excluding hydrogens is 310 g/mol. The summed E-state index contributed by atoms with van der Waals surface area (Å²) in [7, 11) is 0. The molecule has 1 aliphatic rings. The molecule has 1 saturated heterocycles. The molecule has 0 saturated carbocycles. The molecule has 0 aromatic rings. The van der Waals surface area contributed by atoms with Gasteiger partial charge in [0, 0.05) is 25.4 Å². The van der Waals surface area contributed by atoms with Gasteiger partial charge in [-0.15, -0.1) is 6.58 Å². The molecule has 1 heterocycles. The molecule has 0 N–H and O–H groups in total. The van der Waals surface area contributed by atoms with E-state index in [1.807, 2.05) is 6.08 Å². The van der Waals surface area contributed by atoms with Crippen molar-refractivity contribution in [2.24, 2.45) is 0 Å². The third-order valence-corrected chi connectivity index (χ3v) is 5.36. The number of unbranched alkanes of at least 4 members (excludes halogenated alkanes) is 8. The van der Waals surface area contributed by atoms with Gasteiger partial charge in [-0.05, 0) is 38.5 Å². The number of hydrogen-bond donors (Lipinski definition) is 0. The maximum atomic E-state index is 12.3. The van der Waals surface area contributed by atoms with E-state index in [1.165, 1.54) is 51.4 Å². The summed E-state index contributed by atoms with van der Waals surface area (Å²) >= 11 is 0. The molecule has 0 aliphatic carbocycles. The normalized spacial score (nSPS) is 16.5. The first-order valence-electron chi connectivity index (χ1n) is 10.6. The van der Waals surface area contributed by atoms with Crippen LogP contribution in [-0.2, 0) is 9.59 Å². The molecular formula is C22H39NO2. The van der Waals surface area contributed by atoms with Crippen LogP contribution in [0, 0.1) is 0 Å². The maximum absolute atomic E-state index is 12.3. The van der Waals surface area contributed by atoms with Crippen LogP contribution in [-0.4, -0.2) is 29.7 Å². The van der Waals surface area contributed by atoms with Crippen LogP contribution in [0.1, 0.15) is 103 Å². The van der Waals surface area contributed by atoms with E-state index in [2.05, 4.69) is 11.5 Å². The summed E-state index contributed by atoms with van der Waals surface area (Å²) in [5.41, 5.74) is 0. The van der Waals surface area contributed by atoms with Crippen LogP contribution in [0.3, 0.4) is 0 Å². The van der Waals surface area contributed by atoms with Crippen LogP contribution >= 0.6 is 0 Å². The smallest absolute Gasteiger partial charge is 0.222 e. The van der Waals surface area contributed by atoms with Gasteiger partial charge in [-0.25, -0.2) is 0 Å². The molecule has 1 atom stereocenters. The number of amides is 1. The van der Waals surface area contributed by atoms with Crippen LogP contribution in [0.15, 0.2) is 12.7 Å². The Morgan fingerprint density at radius 1 is 0.880 bits per heavy atom. The van der Waals surface area contributed by atoms with E-state index in [0.717, 1.165) is 51.4 Å². The largest absolute Gasteiger partial charge is 0.340 e. The molecule has 0 spiro atoms. The summed E-state index contributed by atoms with van der Waals surface area (Å²) in [6, 6.07) is 0.287. The molecule has 144 valence electrons. The third-order valence-electron chi connectivity index (χ3n) is 5.36. The minimum Gasteiger partial charge on any atom is -0.340 e. The van der Waals surface area contributed by atoms with Gasteiger partial charge in [0.2, 0.25) is 5.91 Å². The lowest BCUT2D eigenvalue weighted by atomic mass is 10.00. The first kappa shape index (κ1) is 21.9. The van der Waals surface area contributed by atoms with Gasteiger partial charge in [0.1, 0.15) is 6.29 Å². The van der Waals surface area contributed by atoms with Crippen LogP contribution < -0.4 is 0 Å². The Labute approximate surface area is 155 Å². The first-order chi connectivity index (χ1) is 12.3. The average Bonchev–Trinajstić information content (AvgIpc) is 2.84. The number of aldehydes is 1. The minimum absolute atomic E-state index is 0.287. The highest BCUT2D eigenvalue weighted by Crippen LogP contribution is 2.21. The Bertz CT molecular complexity index is 367. The highest BCUT2D eigenvalue weighted by molar-refractivity contribution is 5.76. The average molecular weight is 350 g/mol. The van der Waals surface area contributed by atoms with Gasteiger partial charge in [0.25, 0.3) is 0 Å². The van der Waals surface area contributed by atoms with Gasteiger partial charge >= 0.3 is 0 Å². The van der Waals surface area contributed by atoms with Gasteiger partial charge in [-0.3, -0.25) is 4.79 Å². The van der Waals surface area contributed by atoms with Crippen LogP contribution in [0.5, 0.6) is 0 Å². The fraction of sp³-hybridized carbons (Fsp3) is 0.818. The topological polar surface area (TPSA) is 37.4 Å². The molecule has 1 aliphatic heterocycles. The van der Waals surface area contributed by atoms with E-state index in [9.17, 15) is 9.59 Å². The van der Waals surface area contributed by atoms with Crippen molar-refractivity contribution in [3.63, 3.8) is 0 Å². The molecule has 1 fully saturated rings. The van der Waals surface area contributed by atoms with E-state index in [1.54, 1.807) is 0 Å². The Kier molecular flexibility index (Phi) is 13.3. The second-order valence-electron chi connectivity index (χ2n) is 7.49. The highest BCUT2D eigenvalue weighted by atomic mass is 16.2. The standard InChI is InChI=1S/C22H39NO2/c1-2-3-4-5-6-7-8-9-10-12-16-21(17-15-20-24)23-19-14-11-13-18-22(23)25/h2,20-21H,1,3-19H2. The van der Waals surface area contributed by atoms with E-state index in [-0.39, 0.29) is 6.04 Å². The number of carbonyl (C=O) groups excluding carboxylic acids is 2. The van der Waals surface area contributed by atoms with Gasteiger partial charge < -0.3 is 9.69 Å². The van der Waals surface area contributed by atoms with Gasteiger partial charge in [0.15, 0.2) is 0 Å². The number of nitrogens with zero attached hydrogens (tertiary/aromatic N) is 1.